The zero-order chi connectivity index (χ0) is 13.1. The van der Waals surface area contributed by atoms with E-state index in [9.17, 15) is 0 Å². The molecule has 102 valence electrons. The molecule has 0 radical (unpaired) electrons. The van der Waals surface area contributed by atoms with Crippen molar-refractivity contribution in [3.63, 3.8) is 0 Å². The van der Waals surface area contributed by atoms with Gasteiger partial charge in [-0.15, -0.1) is 0 Å². The molecule has 1 aliphatic rings. The number of fused-ring (bicyclic) bond motifs is 1. The van der Waals surface area contributed by atoms with Crippen LogP contribution in [0.4, 0.5) is 0 Å². The molecule has 3 rings (SSSR count). The maximum Gasteiger partial charge on any atom is 0.0892 e. The molecule has 1 fully saturated rings. The van der Waals surface area contributed by atoms with Crippen molar-refractivity contribution in [2.24, 2.45) is 5.92 Å². The largest absolute Gasteiger partial charge is 0.381 e. The van der Waals surface area contributed by atoms with Crippen molar-refractivity contribution < 1.29 is 4.74 Å². The van der Waals surface area contributed by atoms with Crippen LogP contribution in [-0.4, -0.2) is 34.4 Å². The second-order valence-electron chi connectivity index (χ2n) is 5.06. The van der Waals surface area contributed by atoms with Crippen LogP contribution in [-0.2, 0) is 4.74 Å². The first kappa shape index (κ1) is 12.6. The van der Waals surface area contributed by atoms with E-state index in [0.717, 1.165) is 38.1 Å². The lowest BCUT2D eigenvalue weighted by Gasteiger charge is -2.23. The van der Waals surface area contributed by atoms with E-state index in [1.807, 2.05) is 23.1 Å². The molecule has 2 aromatic heterocycles. The van der Waals surface area contributed by atoms with E-state index < -0.39 is 0 Å². The summed E-state index contributed by atoms with van der Waals surface area (Å²) in [6.07, 6.45) is 9.74. The van der Waals surface area contributed by atoms with E-state index in [4.69, 9.17) is 4.74 Å². The lowest BCUT2D eigenvalue weighted by atomic mass is 9.93. The summed E-state index contributed by atoms with van der Waals surface area (Å²) in [5, 5.41) is 8.06. The third-order valence-electron chi connectivity index (χ3n) is 3.74. The van der Waals surface area contributed by atoms with Crippen molar-refractivity contribution in [3.8, 4) is 0 Å². The fourth-order valence-corrected chi connectivity index (χ4v) is 2.74. The van der Waals surface area contributed by atoms with Gasteiger partial charge in [0.25, 0.3) is 0 Å². The van der Waals surface area contributed by atoms with E-state index in [-0.39, 0.29) is 0 Å². The number of hydrogen-bond acceptors (Lipinski definition) is 4. The highest BCUT2D eigenvalue weighted by molar-refractivity contribution is 5.53. The first-order valence-corrected chi connectivity index (χ1v) is 6.98. The number of nitrogens with zero attached hydrogens (tertiary/aromatic N) is 3. The SMILES string of the molecule is CCCNC(c1cnn2ccncc12)C1CCOC1. The smallest absolute Gasteiger partial charge is 0.0892 e. The molecule has 2 unspecified atom stereocenters. The molecule has 5 heteroatoms. The molecule has 19 heavy (non-hydrogen) atoms. The number of rotatable bonds is 5. The van der Waals surface area contributed by atoms with Crippen LogP contribution in [0.1, 0.15) is 31.4 Å². The van der Waals surface area contributed by atoms with Crippen LogP contribution in [0.25, 0.3) is 5.52 Å². The van der Waals surface area contributed by atoms with Gasteiger partial charge in [-0.1, -0.05) is 6.92 Å². The Hall–Kier alpha value is -1.46. The first-order valence-electron chi connectivity index (χ1n) is 6.98. The Morgan fingerprint density at radius 3 is 3.26 bits per heavy atom. The predicted octanol–water partition coefficient (Wildman–Crippen LogP) is 1.81. The van der Waals surface area contributed by atoms with Crippen molar-refractivity contribution in [1.29, 1.82) is 0 Å². The van der Waals surface area contributed by atoms with Gasteiger partial charge < -0.3 is 10.1 Å². The normalized spacial score (nSPS) is 21.0. The van der Waals surface area contributed by atoms with Gasteiger partial charge in [-0.05, 0) is 19.4 Å². The van der Waals surface area contributed by atoms with E-state index in [2.05, 4.69) is 22.3 Å². The maximum atomic E-state index is 5.55. The fourth-order valence-electron chi connectivity index (χ4n) is 2.74. The average Bonchev–Trinajstić information content (AvgIpc) is 3.09. The molecule has 1 aliphatic heterocycles. The summed E-state index contributed by atoms with van der Waals surface area (Å²) in [7, 11) is 0. The monoisotopic (exact) mass is 260 g/mol. The lowest BCUT2D eigenvalue weighted by Crippen LogP contribution is -2.29. The van der Waals surface area contributed by atoms with Gasteiger partial charge >= 0.3 is 0 Å². The Balaban J connectivity index is 1.93. The zero-order valence-electron chi connectivity index (χ0n) is 11.2. The molecule has 0 saturated carbocycles. The maximum absolute atomic E-state index is 5.55. The number of aromatic nitrogens is 3. The van der Waals surface area contributed by atoms with Crippen molar-refractivity contribution >= 4 is 5.52 Å². The van der Waals surface area contributed by atoms with Crippen molar-refractivity contribution in [3.05, 3.63) is 30.4 Å². The molecule has 2 atom stereocenters. The first-order chi connectivity index (χ1) is 9.40. The highest BCUT2D eigenvalue weighted by Gasteiger charge is 2.28. The van der Waals surface area contributed by atoms with Crippen LogP contribution < -0.4 is 5.32 Å². The highest BCUT2D eigenvalue weighted by Crippen LogP contribution is 2.30. The number of nitrogens with one attached hydrogen (secondary N) is 1. The molecular weight excluding hydrogens is 240 g/mol. The third-order valence-corrected chi connectivity index (χ3v) is 3.74. The summed E-state index contributed by atoms with van der Waals surface area (Å²) in [5.74, 6) is 0.528. The van der Waals surface area contributed by atoms with Crippen LogP contribution in [0.5, 0.6) is 0 Å². The van der Waals surface area contributed by atoms with Crippen LogP contribution in [0.2, 0.25) is 0 Å². The summed E-state index contributed by atoms with van der Waals surface area (Å²) >= 11 is 0. The van der Waals surface area contributed by atoms with E-state index >= 15 is 0 Å². The number of ether oxygens (including phenoxy) is 1. The van der Waals surface area contributed by atoms with Gasteiger partial charge in [0.05, 0.1) is 24.5 Å². The Bertz CT molecular complexity index is 533. The molecule has 0 spiro atoms. The topological polar surface area (TPSA) is 51.5 Å². The molecular formula is C14H20N4O. The summed E-state index contributed by atoms with van der Waals surface area (Å²) in [6, 6.07) is 0.309. The zero-order valence-corrected chi connectivity index (χ0v) is 11.2. The molecule has 0 bridgehead atoms. The van der Waals surface area contributed by atoms with Crippen LogP contribution in [0.15, 0.2) is 24.8 Å². The summed E-state index contributed by atoms with van der Waals surface area (Å²) in [4.78, 5) is 4.22. The minimum atomic E-state index is 0.309. The van der Waals surface area contributed by atoms with Gasteiger partial charge in [0.2, 0.25) is 0 Å². The molecule has 0 aromatic carbocycles. The summed E-state index contributed by atoms with van der Waals surface area (Å²) < 4.78 is 7.43. The predicted molar refractivity (Wildman–Crippen MR) is 72.9 cm³/mol. The molecule has 1 N–H and O–H groups in total. The molecule has 1 saturated heterocycles. The Kier molecular flexibility index (Phi) is 3.75. The Morgan fingerprint density at radius 1 is 1.53 bits per heavy atom. The lowest BCUT2D eigenvalue weighted by molar-refractivity contribution is 0.177. The van der Waals surface area contributed by atoms with Gasteiger partial charge in [-0.3, -0.25) is 4.98 Å². The minimum Gasteiger partial charge on any atom is -0.381 e. The van der Waals surface area contributed by atoms with Crippen molar-refractivity contribution in [1.82, 2.24) is 19.9 Å². The van der Waals surface area contributed by atoms with Crippen molar-refractivity contribution in [2.45, 2.75) is 25.8 Å². The second-order valence-corrected chi connectivity index (χ2v) is 5.06. The van der Waals surface area contributed by atoms with E-state index in [1.165, 1.54) is 5.56 Å². The molecule has 3 heterocycles. The highest BCUT2D eigenvalue weighted by atomic mass is 16.5. The molecule has 0 aliphatic carbocycles. The Morgan fingerprint density at radius 2 is 2.47 bits per heavy atom. The van der Waals surface area contributed by atoms with Gasteiger partial charge in [-0.2, -0.15) is 5.10 Å². The standard InChI is InChI=1S/C14H20N4O/c1-2-4-16-14(11-3-7-19-10-11)12-8-17-18-6-5-15-9-13(12)18/h5-6,8-9,11,14,16H,2-4,7,10H2,1H3. The average molecular weight is 260 g/mol. The van der Waals surface area contributed by atoms with Gasteiger partial charge in [0.1, 0.15) is 0 Å². The second kappa shape index (κ2) is 5.67. The Labute approximate surface area is 113 Å². The third kappa shape index (κ3) is 2.48. The quantitative estimate of drug-likeness (QED) is 0.890. The number of hydrogen-bond donors (Lipinski definition) is 1. The molecule has 0 amide bonds. The fraction of sp³-hybridized carbons (Fsp3) is 0.571. The van der Waals surface area contributed by atoms with E-state index in [0.29, 0.717) is 12.0 Å². The van der Waals surface area contributed by atoms with Crippen LogP contribution >= 0.6 is 0 Å². The van der Waals surface area contributed by atoms with Crippen LogP contribution in [0, 0.1) is 5.92 Å². The minimum absolute atomic E-state index is 0.309. The van der Waals surface area contributed by atoms with E-state index in [1.54, 1.807) is 6.20 Å². The van der Waals surface area contributed by atoms with Gasteiger partial charge in [0.15, 0.2) is 0 Å². The van der Waals surface area contributed by atoms with Gasteiger partial charge in [-0.25, -0.2) is 4.52 Å². The van der Waals surface area contributed by atoms with Crippen molar-refractivity contribution in [2.75, 3.05) is 19.8 Å². The molecule has 2 aromatic rings. The summed E-state index contributed by atoms with van der Waals surface area (Å²) in [5.41, 5.74) is 2.32. The summed E-state index contributed by atoms with van der Waals surface area (Å²) in [6.45, 7) is 4.90. The molecule has 5 nitrogen and oxygen atoms in total. The van der Waals surface area contributed by atoms with Gasteiger partial charge in [0, 0.05) is 36.5 Å². The van der Waals surface area contributed by atoms with Crippen LogP contribution in [0.3, 0.4) is 0 Å².